The lowest BCUT2D eigenvalue weighted by atomic mass is 9.82. The number of nitrogens with zero attached hydrogens (tertiary/aromatic N) is 10. The Hall–Kier alpha value is -6.83. The van der Waals surface area contributed by atoms with Crippen LogP contribution in [-0.2, 0) is 9.59 Å². The van der Waals surface area contributed by atoms with Crippen molar-refractivity contribution >= 4 is 46.2 Å². The highest BCUT2D eigenvalue weighted by Gasteiger charge is 2.45. The van der Waals surface area contributed by atoms with E-state index in [1.54, 1.807) is 23.5 Å². The third-order valence-corrected chi connectivity index (χ3v) is 16.9. The highest BCUT2D eigenvalue weighted by molar-refractivity contribution is 7.13. The molecule has 4 aromatic heterocycles. The fourth-order valence-electron chi connectivity index (χ4n) is 11.9. The van der Waals surface area contributed by atoms with Gasteiger partial charge in [-0.3, -0.25) is 14.5 Å². The van der Waals surface area contributed by atoms with Gasteiger partial charge in [-0.25, -0.2) is 9.97 Å². The number of amides is 2. The van der Waals surface area contributed by atoms with E-state index in [4.69, 9.17) is 15.0 Å². The van der Waals surface area contributed by atoms with Crippen molar-refractivity contribution in [1.82, 2.24) is 40.4 Å². The first kappa shape index (κ1) is 49.4. The number of aryl methyl sites for hydroxylation is 1. The van der Waals surface area contributed by atoms with Gasteiger partial charge in [-0.1, -0.05) is 55.4 Å². The minimum Gasteiger partial charge on any atom is -0.507 e. The van der Waals surface area contributed by atoms with Crippen LogP contribution in [0.2, 0.25) is 0 Å². The van der Waals surface area contributed by atoms with Gasteiger partial charge in [0.15, 0.2) is 17.4 Å². The SMILES string of the molecule is Cc1ncsc1-c1ccc([C@H](C)NC(=O)[C@@H]2C[C@@H](O)CN2C(=O)[C@@H](c2cc(N3CCN(C[C@H]4C[C@H](Oc5cc(N6C7CCC6CN(c6cc(-c8ccccc8O)nnc6N)C7)ccn5)C4)CC3)no2)C(C)C)cc1. The molecular weight excluding hydrogens is 957 g/mol. The number of β-amino-alcohol motifs (C(OH)–C–C–N with tert-alkyl or cyclic N) is 1. The summed E-state index contributed by atoms with van der Waals surface area (Å²) in [5, 5.41) is 37.4. The maximum atomic E-state index is 14.4. The predicted octanol–water partition coefficient (Wildman–Crippen LogP) is 6.66. The number of aliphatic hydroxyl groups excluding tert-OH is 1. The van der Waals surface area contributed by atoms with E-state index >= 15 is 0 Å². The van der Waals surface area contributed by atoms with Gasteiger partial charge in [-0.2, -0.15) is 0 Å². The number of para-hydroxylation sites is 1. The van der Waals surface area contributed by atoms with Crippen molar-refractivity contribution in [2.24, 2.45) is 11.8 Å². The molecule has 2 bridgehead atoms. The van der Waals surface area contributed by atoms with E-state index in [2.05, 4.69) is 62.4 Å². The zero-order valence-electron chi connectivity index (χ0n) is 42.5. The molecule has 0 radical (unpaired) electrons. The maximum Gasteiger partial charge on any atom is 0.243 e. The zero-order chi connectivity index (χ0) is 51.2. The highest BCUT2D eigenvalue weighted by atomic mass is 32.1. The number of phenols is 1. The minimum absolute atomic E-state index is 0.0764. The number of likely N-dealkylation sites (tertiary alicyclic amines) is 1. The van der Waals surface area contributed by atoms with Crippen LogP contribution in [0.1, 0.15) is 81.9 Å². The number of phenolic OH excluding ortho intramolecular Hbond substituents is 1. The Morgan fingerprint density at radius 1 is 0.905 bits per heavy atom. The number of rotatable bonds is 15. The summed E-state index contributed by atoms with van der Waals surface area (Å²) in [6, 6.07) is 22.7. The molecule has 388 valence electrons. The molecular formula is C55H66N12O6S. The molecule has 18 nitrogen and oxygen atoms in total. The van der Waals surface area contributed by atoms with Crippen molar-refractivity contribution in [3.8, 4) is 33.3 Å². The number of carbonyl (C=O) groups is 2. The molecule has 74 heavy (non-hydrogen) atoms. The number of aromatic hydroxyl groups is 1. The molecule has 1 aliphatic carbocycles. The second-order valence-electron chi connectivity index (χ2n) is 21.3. The van der Waals surface area contributed by atoms with Crippen LogP contribution in [0.25, 0.3) is 21.7 Å². The van der Waals surface area contributed by atoms with Gasteiger partial charge in [-0.05, 0) is 86.8 Å². The van der Waals surface area contributed by atoms with Crippen molar-refractivity contribution < 1.29 is 29.1 Å². The first-order valence-electron chi connectivity index (χ1n) is 26.1. The van der Waals surface area contributed by atoms with Gasteiger partial charge >= 0.3 is 0 Å². The maximum absolute atomic E-state index is 14.4. The van der Waals surface area contributed by atoms with E-state index in [1.807, 2.05) is 87.9 Å². The average Bonchev–Trinajstić information content (AvgIpc) is 4.20. The van der Waals surface area contributed by atoms with Gasteiger partial charge in [0.25, 0.3) is 0 Å². The number of thiazole rings is 1. The van der Waals surface area contributed by atoms with E-state index < -0.39 is 18.1 Å². The number of aliphatic hydroxyl groups is 1. The Kier molecular flexibility index (Phi) is 13.9. The van der Waals surface area contributed by atoms with E-state index in [1.165, 1.54) is 4.90 Å². The quantitative estimate of drug-likeness (QED) is 0.0846. The van der Waals surface area contributed by atoms with Crippen molar-refractivity contribution in [2.45, 2.75) is 102 Å². The summed E-state index contributed by atoms with van der Waals surface area (Å²) in [4.78, 5) is 49.4. The van der Waals surface area contributed by atoms with Gasteiger partial charge in [0.2, 0.25) is 17.7 Å². The molecule has 1 saturated carbocycles. The molecule has 5 aliphatic rings. The molecule has 11 rings (SSSR count). The summed E-state index contributed by atoms with van der Waals surface area (Å²) in [5.74, 6) is 1.58. The van der Waals surface area contributed by atoms with Crippen LogP contribution in [0.3, 0.4) is 0 Å². The highest BCUT2D eigenvalue weighted by Crippen LogP contribution is 2.41. The molecule has 6 atom stereocenters. The lowest BCUT2D eigenvalue weighted by Crippen LogP contribution is -2.54. The number of nitrogens with two attached hydrogens (primary N) is 1. The molecule has 2 unspecified atom stereocenters. The summed E-state index contributed by atoms with van der Waals surface area (Å²) >= 11 is 1.60. The Morgan fingerprint density at radius 3 is 2.38 bits per heavy atom. The molecule has 4 aliphatic heterocycles. The number of aromatic nitrogens is 5. The number of pyridine rings is 1. The molecule has 6 aromatic rings. The number of piperazine rings is 2. The summed E-state index contributed by atoms with van der Waals surface area (Å²) in [7, 11) is 0. The first-order chi connectivity index (χ1) is 35.8. The lowest BCUT2D eigenvalue weighted by Gasteiger charge is -2.43. The second-order valence-corrected chi connectivity index (χ2v) is 22.1. The normalized spacial score (nSPS) is 23.8. The fourth-order valence-corrected chi connectivity index (χ4v) is 12.7. The van der Waals surface area contributed by atoms with Crippen LogP contribution in [-0.4, -0.2) is 140 Å². The van der Waals surface area contributed by atoms with E-state index in [-0.39, 0.29) is 48.6 Å². The summed E-state index contributed by atoms with van der Waals surface area (Å²) in [6.45, 7) is 13.9. The molecule has 4 saturated heterocycles. The zero-order valence-corrected chi connectivity index (χ0v) is 43.3. The van der Waals surface area contributed by atoms with Gasteiger partial charge in [-0.15, -0.1) is 21.5 Å². The number of hydrogen-bond donors (Lipinski definition) is 4. The Balaban J connectivity index is 0.642. The number of nitrogens with one attached hydrogen (secondary N) is 1. The van der Waals surface area contributed by atoms with Crippen molar-refractivity contribution in [3.63, 3.8) is 0 Å². The largest absolute Gasteiger partial charge is 0.507 e. The monoisotopic (exact) mass is 1020 g/mol. The Bertz CT molecular complexity index is 2940. The van der Waals surface area contributed by atoms with Crippen LogP contribution < -0.4 is 30.5 Å². The van der Waals surface area contributed by atoms with Crippen LogP contribution in [0, 0.1) is 18.8 Å². The molecule has 5 fully saturated rings. The van der Waals surface area contributed by atoms with Gasteiger partial charge in [0.05, 0.1) is 39.6 Å². The number of anilines is 4. The van der Waals surface area contributed by atoms with Crippen LogP contribution in [0.4, 0.5) is 23.0 Å². The number of fused-ring (bicyclic) bond motifs is 2. The number of ether oxygens (including phenoxy) is 1. The number of benzene rings is 2. The molecule has 8 heterocycles. The van der Waals surface area contributed by atoms with E-state index in [0.29, 0.717) is 52.5 Å². The molecule has 0 spiro atoms. The number of carbonyl (C=O) groups excluding carboxylic acids is 2. The summed E-state index contributed by atoms with van der Waals surface area (Å²) in [6.07, 6.45) is 5.45. The lowest BCUT2D eigenvalue weighted by molar-refractivity contribution is -0.141. The smallest absolute Gasteiger partial charge is 0.243 e. The van der Waals surface area contributed by atoms with Crippen LogP contribution >= 0.6 is 11.3 Å². The van der Waals surface area contributed by atoms with Gasteiger partial charge in [0, 0.05) is 100 Å². The Labute approximate surface area is 435 Å². The van der Waals surface area contributed by atoms with E-state index in [0.717, 1.165) is 105 Å². The minimum atomic E-state index is -0.809. The fraction of sp³-hybridized carbons (Fsp3) is 0.473. The molecule has 2 amide bonds. The average molecular weight is 1020 g/mol. The summed E-state index contributed by atoms with van der Waals surface area (Å²) in [5.41, 5.74) is 14.4. The predicted molar refractivity (Wildman–Crippen MR) is 284 cm³/mol. The van der Waals surface area contributed by atoms with E-state index in [9.17, 15) is 19.8 Å². The van der Waals surface area contributed by atoms with Gasteiger partial charge < -0.3 is 50.1 Å². The van der Waals surface area contributed by atoms with Crippen LogP contribution in [0.5, 0.6) is 11.6 Å². The van der Waals surface area contributed by atoms with Gasteiger partial charge in [0.1, 0.15) is 23.8 Å². The molecule has 19 heteroatoms. The molecule has 5 N–H and O–H groups in total. The topological polar surface area (TPSA) is 216 Å². The van der Waals surface area contributed by atoms with Crippen molar-refractivity contribution in [3.05, 3.63) is 102 Å². The van der Waals surface area contributed by atoms with Crippen LogP contribution in [0.15, 0.2) is 89.0 Å². The van der Waals surface area contributed by atoms with Crippen molar-refractivity contribution in [2.75, 3.05) is 72.8 Å². The van der Waals surface area contributed by atoms with Crippen molar-refractivity contribution in [1.29, 1.82) is 0 Å². The third kappa shape index (κ3) is 10.1. The Morgan fingerprint density at radius 2 is 1.66 bits per heavy atom. The molecule has 2 aromatic carbocycles. The summed E-state index contributed by atoms with van der Waals surface area (Å²) < 4.78 is 12.4. The first-order valence-corrected chi connectivity index (χ1v) is 27.0. The number of hydrogen-bond acceptors (Lipinski definition) is 17. The third-order valence-electron chi connectivity index (χ3n) is 15.9. The standard InChI is InChI=1S/C55H66N12O6S/c1-32(2)51(55(71)66-30-41(68)24-46(66)54(70)59-33(3)36-9-11-37(12-10-36)52-34(4)58-31-74-52)48-26-49(62-73-48)64-19-17-63(18-20-64)27-35-21-42(22-35)72-50-23-38(15-16-57-50)67-39-13-14-40(67)29-65(28-39)45-25-44(60-61-53(45)56)43-7-5-6-8-47(43)69/h5-12,15-16,23,25-26,31-33,35,39-42,46,51,68-69H,13-14,17-22,24,27-30H2,1-4H3,(H2,56,61)(H,59,70)/t33-,35-,39?,40?,41+,42-,46-,51+/m0/s1. The second kappa shape index (κ2) is 20.8. The number of nitrogen functional groups attached to an aromatic ring is 1.